The van der Waals surface area contributed by atoms with Crippen molar-refractivity contribution in [2.45, 2.75) is 12.5 Å². The summed E-state index contributed by atoms with van der Waals surface area (Å²) in [5.41, 5.74) is 1.19. The molecule has 1 aliphatic heterocycles. The number of hydrogen-bond donors (Lipinski definition) is 1. The van der Waals surface area contributed by atoms with Gasteiger partial charge in [-0.25, -0.2) is 0 Å². The second-order valence-electron chi connectivity index (χ2n) is 5.34. The summed E-state index contributed by atoms with van der Waals surface area (Å²) in [6.45, 7) is 1.04. The number of rotatable bonds is 4. The van der Waals surface area contributed by atoms with Crippen LogP contribution in [0.15, 0.2) is 23.6 Å². The summed E-state index contributed by atoms with van der Waals surface area (Å²) in [6.07, 6.45) is -0.124. The third kappa shape index (κ3) is 3.27. The molecule has 2 aromatic heterocycles. The van der Waals surface area contributed by atoms with E-state index in [-0.39, 0.29) is 18.9 Å². The molecule has 0 aromatic carbocycles. The lowest BCUT2D eigenvalue weighted by Gasteiger charge is -2.34. The molecule has 122 valence electrons. The first kappa shape index (κ1) is 15.7. The highest BCUT2D eigenvalue weighted by Gasteiger charge is 2.31. The molecule has 8 heteroatoms. The molecule has 0 saturated carbocycles. The van der Waals surface area contributed by atoms with Gasteiger partial charge in [-0.2, -0.15) is 5.10 Å². The highest BCUT2D eigenvalue weighted by molar-refractivity contribution is 7.13. The molecular formula is C15H17N3O4S. The molecule has 0 aliphatic carbocycles. The number of carbonyl (C=O) groups excluding carboxylic acids is 1. The van der Waals surface area contributed by atoms with E-state index in [9.17, 15) is 9.59 Å². The fourth-order valence-electron chi connectivity index (χ4n) is 2.65. The Hall–Kier alpha value is -2.19. The van der Waals surface area contributed by atoms with Crippen molar-refractivity contribution >= 4 is 23.2 Å². The number of carboxylic acids is 1. The number of carbonyl (C=O) groups is 2. The Morgan fingerprint density at radius 3 is 3.04 bits per heavy atom. The topological polar surface area (TPSA) is 84.7 Å². The van der Waals surface area contributed by atoms with Crippen molar-refractivity contribution in [3.05, 3.63) is 29.3 Å². The van der Waals surface area contributed by atoms with Crippen LogP contribution >= 0.6 is 11.3 Å². The number of hydrogen-bond acceptors (Lipinski definition) is 5. The van der Waals surface area contributed by atoms with Crippen molar-refractivity contribution in [1.82, 2.24) is 14.7 Å². The number of amides is 1. The summed E-state index contributed by atoms with van der Waals surface area (Å²) in [7, 11) is 1.72. The van der Waals surface area contributed by atoms with Gasteiger partial charge in [0, 0.05) is 13.6 Å². The van der Waals surface area contributed by atoms with E-state index < -0.39 is 12.0 Å². The molecule has 1 N–H and O–H groups in total. The summed E-state index contributed by atoms with van der Waals surface area (Å²) in [5.74, 6) is -1.15. The largest absolute Gasteiger partial charge is 0.481 e. The molecule has 3 rings (SSSR count). The van der Waals surface area contributed by atoms with Crippen molar-refractivity contribution in [3.8, 4) is 10.6 Å². The van der Waals surface area contributed by atoms with Gasteiger partial charge in [-0.15, -0.1) is 11.3 Å². The molecule has 1 fully saturated rings. The van der Waals surface area contributed by atoms with Crippen LogP contribution in [0.25, 0.3) is 10.6 Å². The van der Waals surface area contributed by atoms with Gasteiger partial charge in [0.05, 0.1) is 30.6 Å². The Balaban J connectivity index is 1.85. The van der Waals surface area contributed by atoms with Gasteiger partial charge in [-0.3, -0.25) is 14.3 Å². The van der Waals surface area contributed by atoms with Crippen molar-refractivity contribution in [3.63, 3.8) is 0 Å². The minimum absolute atomic E-state index is 0.124. The van der Waals surface area contributed by atoms with Crippen molar-refractivity contribution < 1.29 is 19.4 Å². The average Bonchev–Trinajstić information content (AvgIpc) is 3.15. The molecule has 7 nitrogen and oxygen atoms in total. The van der Waals surface area contributed by atoms with E-state index in [1.165, 1.54) is 0 Å². The summed E-state index contributed by atoms with van der Waals surface area (Å²) in [4.78, 5) is 26.4. The number of aliphatic carboxylic acids is 1. The lowest BCUT2D eigenvalue weighted by atomic mass is 10.1. The maximum absolute atomic E-state index is 12.8. The summed E-state index contributed by atoms with van der Waals surface area (Å²) >= 11 is 1.56. The van der Waals surface area contributed by atoms with Gasteiger partial charge in [0.2, 0.25) is 0 Å². The zero-order valence-electron chi connectivity index (χ0n) is 12.6. The number of morpholine rings is 1. The minimum Gasteiger partial charge on any atom is -0.481 e. The summed E-state index contributed by atoms with van der Waals surface area (Å²) in [6, 6.07) is 5.18. The van der Waals surface area contributed by atoms with Gasteiger partial charge in [0.15, 0.2) is 0 Å². The normalized spacial score (nSPS) is 18.1. The predicted octanol–water partition coefficient (Wildman–Crippen LogP) is 1.46. The molecule has 1 atom stereocenters. The van der Waals surface area contributed by atoms with Gasteiger partial charge in [0.1, 0.15) is 11.4 Å². The monoisotopic (exact) mass is 335 g/mol. The molecule has 1 aliphatic rings. The van der Waals surface area contributed by atoms with Gasteiger partial charge >= 0.3 is 5.97 Å². The lowest BCUT2D eigenvalue weighted by Crippen LogP contribution is -2.50. The quantitative estimate of drug-likeness (QED) is 0.914. The predicted molar refractivity (Wildman–Crippen MR) is 84.4 cm³/mol. The molecule has 0 bridgehead atoms. The number of thiophene rings is 1. The van der Waals surface area contributed by atoms with Crippen LogP contribution in [0, 0.1) is 0 Å². The Morgan fingerprint density at radius 1 is 1.52 bits per heavy atom. The van der Waals surface area contributed by atoms with Gasteiger partial charge in [-0.1, -0.05) is 6.07 Å². The third-order valence-electron chi connectivity index (χ3n) is 3.77. The first-order chi connectivity index (χ1) is 11.1. The SMILES string of the molecule is Cn1nc(-c2cccs2)cc1C(=O)N1CCOC[C@@H]1CC(=O)O. The van der Waals surface area contributed by atoms with Gasteiger partial charge in [-0.05, 0) is 17.5 Å². The second kappa shape index (κ2) is 6.51. The van der Waals surface area contributed by atoms with Crippen molar-refractivity contribution in [2.24, 2.45) is 7.05 Å². The first-order valence-corrected chi connectivity index (χ1v) is 8.12. The maximum atomic E-state index is 12.8. The van der Waals surface area contributed by atoms with Crippen LogP contribution in [-0.4, -0.2) is 57.5 Å². The maximum Gasteiger partial charge on any atom is 0.305 e. The van der Waals surface area contributed by atoms with Crippen LogP contribution in [0.4, 0.5) is 0 Å². The molecule has 1 saturated heterocycles. The Morgan fingerprint density at radius 2 is 2.35 bits per heavy atom. The Kier molecular flexibility index (Phi) is 4.44. The summed E-state index contributed by atoms with van der Waals surface area (Å²) in [5, 5.41) is 15.4. The molecule has 23 heavy (non-hydrogen) atoms. The number of ether oxygens (including phenoxy) is 1. The van der Waals surface area contributed by atoms with Crippen LogP contribution in [0.3, 0.4) is 0 Å². The minimum atomic E-state index is -0.942. The fraction of sp³-hybridized carbons (Fsp3) is 0.400. The Bertz CT molecular complexity index is 710. The number of aryl methyl sites for hydroxylation is 1. The van der Waals surface area contributed by atoms with E-state index in [1.807, 2.05) is 17.5 Å². The van der Waals surface area contributed by atoms with E-state index in [2.05, 4.69) is 5.10 Å². The fourth-order valence-corrected chi connectivity index (χ4v) is 3.33. The molecule has 0 spiro atoms. The van der Waals surface area contributed by atoms with Gasteiger partial charge < -0.3 is 14.7 Å². The third-order valence-corrected chi connectivity index (χ3v) is 4.66. The van der Waals surface area contributed by atoms with Crippen LogP contribution in [0.1, 0.15) is 16.9 Å². The zero-order valence-corrected chi connectivity index (χ0v) is 13.5. The average molecular weight is 335 g/mol. The molecule has 0 unspecified atom stereocenters. The highest BCUT2D eigenvalue weighted by Crippen LogP contribution is 2.25. The lowest BCUT2D eigenvalue weighted by molar-refractivity contribution is -0.139. The van der Waals surface area contributed by atoms with Crippen LogP contribution < -0.4 is 0 Å². The van der Waals surface area contributed by atoms with Crippen molar-refractivity contribution in [2.75, 3.05) is 19.8 Å². The number of carboxylic acid groups (broad SMARTS) is 1. The van der Waals surface area contributed by atoms with Gasteiger partial charge in [0.25, 0.3) is 5.91 Å². The number of aromatic nitrogens is 2. The van der Waals surface area contributed by atoms with E-state index in [0.29, 0.717) is 18.8 Å². The van der Waals surface area contributed by atoms with E-state index in [4.69, 9.17) is 9.84 Å². The first-order valence-electron chi connectivity index (χ1n) is 7.24. The highest BCUT2D eigenvalue weighted by atomic mass is 32.1. The molecular weight excluding hydrogens is 318 g/mol. The number of nitrogens with zero attached hydrogens (tertiary/aromatic N) is 3. The van der Waals surface area contributed by atoms with E-state index in [1.54, 1.807) is 34.0 Å². The van der Waals surface area contributed by atoms with E-state index in [0.717, 1.165) is 10.6 Å². The molecule has 2 aromatic rings. The molecule has 0 radical (unpaired) electrons. The van der Waals surface area contributed by atoms with E-state index >= 15 is 0 Å². The smallest absolute Gasteiger partial charge is 0.305 e. The summed E-state index contributed by atoms with van der Waals surface area (Å²) < 4.78 is 6.86. The van der Waals surface area contributed by atoms with Crippen LogP contribution in [-0.2, 0) is 16.6 Å². The zero-order chi connectivity index (χ0) is 16.4. The van der Waals surface area contributed by atoms with Crippen LogP contribution in [0.2, 0.25) is 0 Å². The van der Waals surface area contributed by atoms with Crippen LogP contribution in [0.5, 0.6) is 0 Å². The Labute approximate surface area is 137 Å². The standard InChI is InChI=1S/C15H17N3O4S/c1-17-12(8-11(16-17)13-3-2-6-23-13)15(21)18-4-5-22-9-10(18)7-14(19)20/h2-3,6,8,10H,4-5,7,9H2,1H3,(H,19,20)/t10-/m0/s1. The second-order valence-corrected chi connectivity index (χ2v) is 6.29. The molecule has 3 heterocycles. The van der Waals surface area contributed by atoms with Crippen molar-refractivity contribution in [1.29, 1.82) is 0 Å². The molecule has 1 amide bonds.